The van der Waals surface area contributed by atoms with Crippen molar-refractivity contribution < 1.29 is 14.4 Å². The van der Waals surface area contributed by atoms with E-state index in [0.29, 0.717) is 47.9 Å². The maximum atomic E-state index is 13.3. The second-order valence-electron chi connectivity index (χ2n) is 8.48. The quantitative estimate of drug-likeness (QED) is 0.807. The zero-order chi connectivity index (χ0) is 19.9. The Bertz CT molecular complexity index is 761. The molecule has 1 aliphatic heterocycles. The van der Waals surface area contributed by atoms with Gasteiger partial charge in [0.1, 0.15) is 0 Å². The highest BCUT2D eigenvalue weighted by atomic mass is 16.2. The molecule has 1 atom stereocenters. The SMILES string of the molecule is CC(=O)c1[nH]c(C)c(C(=O)N2CCC(=O)N(CC3CC3)C(C(C)C)C2)c1C. The van der Waals surface area contributed by atoms with E-state index in [1.165, 1.54) is 19.8 Å². The van der Waals surface area contributed by atoms with Crippen LogP contribution in [0, 0.1) is 25.7 Å². The predicted octanol–water partition coefficient (Wildman–Crippen LogP) is 2.94. The van der Waals surface area contributed by atoms with Crippen LogP contribution in [0.4, 0.5) is 0 Å². The van der Waals surface area contributed by atoms with E-state index in [0.717, 1.165) is 6.54 Å². The number of Topliss-reactive ketones (excluding diaryl/α,β-unsaturated/α-hetero) is 1. The van der Waals surface area contributed by atoms with Gasteiger partial charge >= 0.3 is 0 Å². The van der Waals surface area contributed by atoms with Crippen LogP contribution >= 0.6 is 0 Å². The van der Waals surface area contributed by atoms with Crippen molar-refractivity contribution in [2.24, 2.45) is 11.8 Å². The molecule has 0 spiro atoms. The Kier molecular flexibility index (Phi) is 5.45. The first kappa shape index (κ1) is 19.6. The second-order valence-corrected chi connectivity index (χ2v) is 8.48. The molecule has 0 bridgehead atoms. The Balaban J connectivity index is 1.87. The molecule has 0 aromatic carbocycles. The summed E-state index contributed by atoms with van der Waals surface area (Å²) in [7, 11) is 0. The van der Waals surface area contributed by atoms with E-state index in [9.17, 15) is 14.4 Å². The predicted molar refractivity (Wildman–Crippen MR) is 104 cm³/mol. The minimum Gasteiger partial charge on any atom is -0.355 e. The monoisotopic (exact) mass is 373 g/mol. The number of carbonyl (C=O) groups is 3. The van der Waals surface area contributed by atoms with E-state index in [-0.39, 0.29) is 29.6 Å². The highest BCUT2D eigenvalue weighted by Gasteiger charge is 2.37. The first-order valence-electron chi connectivity index (χ1n) is 9.99. The molecular formula is C21H31N3O3. The Morgan fingerprint density at radius 1 is 1.22 bits per heavy atom. The van der Waals surface area contributed by atoms with Gasteiger partial charge in [0, 0.05) is 38.7 Å². The molecule has 6 nitrogen and oxygen atoms in total. The van der Waals surface area contributed by atoms with Crippen molar-refractivity contribution in [3.05, 3.63) is 22.5 Å². The van der Waals surface area contributed by atoms with Crippen molar-refractivity contribution in [1.82, 2.24) is 14.8 Å². The van der Waals surface area contributed by atoms with E-state index >= 15 is 0 Å². The van der Waals surface area contributed by atoms with Crippen molar-refractivity contribution in [2.75, 3.05) is 19.6 Å². The van der Waals surface area contributed by atoms with E-state index < -0.39 is 0 Å². The van der Waals surface area contributed by atoms with E-state index in [1.807, 2.05) is 23.6 Å². The molecule has 2 aliphatic rings. The van der Waals surface area contributed by atoms with Crippen molar-refractivity contribution in [1.29, 1.82) is 0 Å². The third-order valence-electron chi connectivity index (χ3n) is 5.94. The summed E-state index contributed by atoms with van der Waals surface area (Å²) < 4.78 is 0. The van der Waals surface area contributed by atoms with Gasteiger partial charge in [-0.1, -0.05) is 13.8 Å². The third-order valence-corrected chi connectivity index (χ3v) is 5.94. The van der Waals surface area contributed by atoms with Gasteiger partial charge in [-0.3, -0.25) is 14.4 Å². The molecule has 148 valence electrons. The maximum absolute atomic E-state index is 13.3. The first-order valence-corrected chi connectivity index (χ1v) is 9.99. The van der Waals surface area contributed by atoms with E-state index in [4.69, 9.17) is 0 Å². The number of H-pyrrole nitrogens is 1. The number of carbonyl (C=O) groups excluding carboxylic acids is 3. The van der Waals surface area contributed by atoms with Crippen LogP contribution in [0.5, 0.6) is 0 Å². The first-order chi connectivity index (χ1) is 12.7. The van der Waals surface area contributed by atoms with Gasteiger partial charge in [0.15, 0.2) is 5.78 Å². The number of nitrogens with zero attached hydrogens (tertiary/aromatic N) is 2. The molecule has 1 aromatic rings. The minimum atomic E-state index is -0.0829. The molecule has 1 saturated carbocycles. The zero-order valence-corrected chi connectivity index (χ0v) is 17.1. The van der Waals surface area contributed by atoms with Gasteiger partial charge < -0.3 is 14.8 Å². The highest BCUT2D eigenvalue weighted by Crippen LogP contribution is 2.32. The van der Waals surface area contributed by atoms with Gasteiger partial charge in [0.25, 0.3) is 5.91 Å². The van der Waals surface area contributed by atoms with Gasteiger partial charge in [-0.2, -0.15) is 0 Å². The number of hydrogen-bond acceptors (Lipinski definition) is 3. The number of rotatable bonds is 5. The average molecular weight is 373 g/mol. The van der Waals surface area contributed by atoms with Gasteiger partial charge in [-0.25, -0.2) is 0 Å². The normalized spacial score (nSPS) is 21.0. The molecule has 1 N–H and O–H groups in total. The van der Waals surface area contributed by atoms with Crippen LogP contribution in [0.15, 0.2) is 0 Å². The number of aryl methyl sites for hydroxylation is 1. The lowest BCUT2D eigenvalue weighted by atomic mass is 10.0. The summed E-state index contributed by atoms with van der Waals surface area (Å²) in [6, 6.07) is 0.0383. The van der Waals surface area contributed by atoms with Gasteiger partial charge in [0.05, 0.1) is 17.3 Å². The average Bonchev–Trinajstić information content (AvgIpc) is 3.37. The molecular weight excluding hydrogens is 342 g/mol. The number of aromatic amines is 1. The molecule has 1 unspecified atom stereocenters. The van der Waals surface area contributed by atoms with E-state index in [2.05, 4.69) is 18.8 Å². The molecule has 2 heterocycles. The Morgan fingerprint density at radius 2 is 1.89 bits per heavy atom. The molecule has 2 fully saturated rings. The lowest BCUT2D eigenvalue weighted by molar-refractivity contribution is -0.133. The molecule has 3 rings (SSSR count). The molecule has 1 aromatic heterocycles. The second kappa shape index (κ2) is 7.49. The van der Waals surface area contributed by atoms with Crippen LogP contribution in [0.25, 0.3) is 0 Å². The van der Waals surface area contributed by atoms with Crippen LogP contribution in [0.3, 0.4) is 0 Å². The largest absolute Gasteiger partial charge is 0.355 e. The topological polar surface area (TPSA) is 73.5 Å². The number of aromatic nitrogens is 1. The lowest BCUT2D eigenvalue weighted by Crippen LogP contribution is -2.48. The molecule has 1 aliphatic carbocycles. The van der Waals surface area contributed by atoms with Crippen LogP contribution in [0.1, 0.15) is 72.1 Å². The number of nitrogens with one attached hydrogen (secondary N) is 1. The molecule has 2 amide bonds. The van der Waals surface area contributed by atoms with Gasteiger partial charge in [0.2, 0.25) is 5.91 Å². The summed E-state index contributed by atoms with van der Waals surface area (Å²) in [5, 5.41) is 0. The summed E-state index contributed by atoms with van der Waals surface area (Å²) in [5.74, 6) is 0.909. The van der Waals surface area contributed by atoms with Gasteiger partial charge in [-0.05, 0) is 44.1 Å². The molecule has 1 saturated heterocycles. The number of ketones is 1. The Labute approximate surface area is 161 Å². The third kappa shape index (κ3) is 3.94. The summed E-state index contributed by atoms with van der Waals surface area (Å²) in [5.41, 5.74) is 2.49. The van der Waals surface area contributed by atoms with Crippen molar-refractivity contribution >= 4 is 17.6 Å². The summed E-state index contributed by atoms with van der Waals surface area (Å²) in [6.45, 7) is 11.2. The lowest BCUT2D eigenvalue weighted by Gasteiger charge is -2.35. The molecule has 0 radical (unpaired) electrons. The molecule has 6 heteroatoms. The number of amides is 2. The maximum Gasteiger partial charge on any atom is 0.256 e. The Morgan fingerprint density at radius 3 is 2.41 bits per heavy atom. The van der Waals surface area contributed by atoms with Crippen molar-refractivity contribution in [3.8, 4) is 0 Å². The minimum absolute atomic E-state index is 0.0383. The van der Waals surface area contributed by atoms with E-state index in [1.54, 1.807) is 0 Å². The Hall–Kier alpha value is -2.11. The van der Waals surface area contributed by atoms with Crippen LogP contribution in [-0.2, 0) is 4.79 Å². The summed E-state index contributed by atoms with van der Waals surface area (Å²) >= 11 is 0. The van der Waals surface area contributed by atoms with Crippen LogP contribution in [0.2, 0.25) is 0 Å². The highest BCUT2D eigenvalue weighted by molar-refractivity contribution is 6.02. The molecule has 27 heavy (non-hydrogen) atoms. The fourth-order valence-corrected chi connectivity index (χ4v) is 4.13. The van der Waals surface area contributed by atoms with Crippen molar-refractivity contribution in [2.45, 2.75) is 59.9 Å². The fraction of sp³-hybridized carbons (Fsp3) is 0.667. The summed E-state index contributed by atoms with van der Waals surface area (Å²) in [4.78, 5) is 44.8. The zero-order valence-electron chi connectivity index (χ0n) is 17.1. The smallest absolute Gasteiger partial charge is 0.256 e. The number of hydrogen-bond donors (Lipinski definition) is 1. The standard InChI is InChI=1S/C21H31N3O3/c1-12(2)17-11-23(9-8-18(26)24(17)10-16-6-7-16)21(27)19-13(3)20(15(5)25)22-14(19)4/h12,16-17,22H,6-11H2,1-5H3. The van der Waals surface area contributed by atoms with Crippen molar-refractivity contribution in [3.63, 3.8) is 0 Å². The van der Waals surface area contributed by atoms with Crippen LogP contribution < -0.4 is 0 Å². The summed E-state index contributed by atoms with van der Waals surface area (Å²) in [6.07, 6.45) is 2.77. The van der Waals surface area contributed by atoms with Gasteiger partial charge in [-0.15, -0.1) is 0 Å². The van der Waals surface area contributed by atoms with Crippen LogP contribution in [-0.4, -0.2) is 58.1 Å². The fourth-order valence-electron chi connectivity index (χ4n) is 4.13.